The number of hydrogen-bond donors (Lipinski definition) is 1. The summed E-state index contributed by atoms with van der Waals surface area (Å²) in [4.78, 5) is 0. The van der Waals surface area contributed by atoms with Gasteiger partial charge in [-0.2, -0.15) is 0 Å². The summed E-state index contributed by atoms with van der Waals surface area (Å²) in [7, 11) is 0. The van der Waals surface area contributed by atoms with Gasteiger partial charge in [0.1, 0.15) is 0 Å². The zero-order valence-corrected chi connectivity index (χ0v) is 15.3. The fraction of sp³-hybridized carbons (Fsp3) is 0.684. The predicted octanol–water partition coefficient (Wildman–Crippen LogP) is 5.57. The standard InChI is InChI=1S/C19H30BrN/c1-14(2)11-17-5-4-6-19(13-17)21-15(3)12-16-7-9-18(20)10-8-16/h7-10,14-15,17,19,21H,4-6,11-13H2,1-3H3. The Hall–Kier alpha value is -0.340. The summed E-state index contributed by atoms with van der Waals surface area (Å²) < 4.78 is 1.16. The van der Waals surface area contributed by atoms with Gasteiger partial charge in [0.05, 0.1) is 0 Å². The Balaban J connectivity index is 1.78. The van der Waals surface area contributed by atoms with Crippen molar-refractivity contribution in [2.75, 3.05) is 0 Å². The largest absolute Gasteiger partial charge is 0.311 e. The van der Waals surface area contributed by atoms with Gasteiger partial charge in [0.2, 0.25) is 0 Å². The second-order valence-electron chi connectivity index (χ2n) is 7.26. The van der Waals surface area contributed by atoms with Gasteiger partial charge in [0, 0.05) is 16.6 Å². The molecule has 0 saturated heterocycles. The minimum Gasteiger partial charge on any atom is -0.311 e. The van der Waals surface area contributed by atoms with Crippen LogP contribution in [0.15, 0.2) is 28.7 Å². The minimum atomic E-state index is 0.564. The maximum absolute atomic E-state index is 3.87. The fourth-order valence-electron chi connectivity index (χ4n) is 3.76. The lowest BCUT2D eigenvalue weighted by atomic mass is 9.81. The Morgan fingerprint density at radius 3 is 2.52 bits per heavy atom. The van der Waals surface area contributed by atoms with Crippen molar-refractivity contribution in [3.05, 3.63) is 34.3 Å². The molecule has 21 heavy (non-hydrogen) atoms. The van der Waals surface area contributed by atoms with Crippen LogP contribution in [0.2, 0.25) is 0 Å². The topological polar surface area (TPSA) is 12.0 Å². The van der Waals surface area contributed by atoms with E-state index in [-0.39, 0.29) is 0 Å². The van der Waals surface area contributed by atoms with E-state index >= 15 is 0 Å². The molecule has 1 aliphatic rings. The quantitative estimate of drug-likeness (QED) is 0.705. The maximum Gasteiger partial charge on any atom is 0.0175 e. The van der Waals surface area contributed by atoms with Crippen LogP contribution in [0.4, 0.5) is 0 Å². The van der Waals surface area contributed by atoms with Gasteiger partial charge < -0.3 is 5.32 Å². The van der Waals surface area contributed by atoms with E-state index in [4.69, 9.17) is 0 Å². The van der Waals surface area contributed by atoms with Crippen molar-refractivity contribution in [1.29, 1.82) is 0 Å². The van der Waals surface area contributed by atoms with Crippen molar-refractivity contribution >= 4 is 15.9 Å². The van der Waals surface area contributed by atoms with Crippen LogP contribution in [-0.2, 0) is 6.42 Å². The molecule has 0 aliphatic heterocycles. The molecule has 2 heteroatoms. The Kier molecular flexibility index (Phi) is 6.75. The van der Waals surface area contributed by atoms with Crippen LogP contribution in [0.25, 0.3) is 0 Å². The highest BCUT2D eigenvalue weighted by Gasteiger charge is 2.23. The lowest BCUT2D eigenvalue weighted by Crippen LogP contribution is -2.40. The first-order chi connectivity index (χ1) is 10.0. The molecule has 1 aromatic carbocycles. The van der Waals surface area contributed by atoms with Crippen molar-refractivity contribution in [1.82, 2.24) is 5.32 Å². The molecule has 0 spiro atoms. The summed E-state index contributed by atoms with van der Waals surface area (Å²) in [5, 5.41) is 3.87. The summed E-state index contributed by atoms with van der Waals surface area (Å²) in [6, 6.07) is 10.0. The monoisotopic (exact) mass is 351 g/mol. The average molecular weight is 352 g/mol. The van der Waals surface area contributed by atoms with Crippen LogP contribution >= 0.6 is 15.9 Å². The zero-order valence-electron chi connectivity index (χ0n) is 13.7. The molecule has 0 bridgehead atoms. The van der Waals surface area contributed by atoms with E-state index in [1.165, 1.54) is 37.7 Å². The molecule has 0 amide bonds. The van der Waals surface area contributed by atoms with Crippen LogP contribution in [0.5, 0.6) is 0 Å². The maximum atomic E-state index is 3.87. The van der Waals surface area contributed by atoms with Gasteiger partial charge in [-0.15, -0.1) is 0 Å². The molecule has 1 aromatic rings. The molecule has 0 aromatic heterocycles. The molecular formula is C19H30BrN. The summed E-state index contributed by atoms with van der Waals surface area (Å²) in [6.45, 7) is 7.04. The third-order valence-corrected chi connectivity index (χ3v) is 5.09. The molecule has 1 aliphatic carbocycles. The van der Waals surface area contributed by atoms with E-state index in [2.05, 4.69) is 66.3 Å². The van der Waals surface area contributed by atoms with Gasteiger partial charge in [-0.1, -0.05) is 54.8 Å². The second kappa shape index (κ2) is 8.33. The van der Waals surface area contributed by atoms with Gasteiger partial charge >= 0.3 is 0 Å². The van der Waals surface area contributed by atoms with Crippen molar-refractivity contribution in [2.24, 2.45) is 11.8 Å². The normalized spacial score (nSPS) is 24.2. The van der Waals surface area contributed by atoms with E-state index in [0.29, 0.717) is 6.04 Å². The Morgan fingerprint density at radius 1 is 1.14 bits per heavy atom. The molecule has 0 heterocycles. The van der Waals surface area contributed by atoms with Crippen LogP contribution in [-0.4, -0.2) is 12.1 Å². The fourth-order valence-corrected chi connectivity index (χ4v) is 4.02. The number of nitrogens with one attached hydrogen (secondary N) is 1. The molecule has 3 unspecified atom stereocenters. The first kappa shape index (κ1) is 17.0. The van der Waals surface area contributed by atoms with Crippen LogP contribution in [0.1, 0.15) is 58.4 Å². The lowest BCUT2D eigenvalue weighted by Gasteiger charge is -2.32. The number of rotatable bonds is 6. The van der Waals surface area contributed by atoms with Crippen molar-refractivity contribution in [2.45, 2.75) is 71.4 Å². The predicted molar refractivity (Wildman–Crippen MR) is 95.6 cm³/mol. The highest BCUT2D eigenvalue weighted by molar-refractivity contribution is 9.10. The van der Waals surface area contributed by atoms with Crippen LogP contribution in [0, 0.1) is 11.8 Å². The van der Waals surface area contributed by atoms with E-state index in [9.17, 15) is 0 Å². The molecule has 3 atom stereocenters. The molecule has 1 saturated carbocycles. The molecule has 0 radical (unpaired) electrons. The first-order valence-corrected chi connectivity index (χ1v) is 9.32. The van der Waals surface area contributed by atoms with Gasteiger partial charge in [-0.05, 0) is 62.1 Å². The SMILES string of the molecule is CC(C)CC1CCCC(NC(C)Cc2ccc(Br)cc2)C1. The number of benzene rings is 1. The van der Waals surface area contributed by atoms with E-state index < -0.39 is 0 Å². The highest BCUT2D eigenvalue weighted by atomic mass is 79.9. The molecule has 118 valence electrons. The Morgan fingerprint density at radius 2 is 1.86 bits per heavy atom. The summed E-state index contributed by atoms with van der Waals surface area (Å²) in [5.74, 6) is 1.78. The smallest absolute Gasteiger partial charge is 0.0175 e. The van der Waals surface area contributed by atoms with Crippen LogP contribution in [0.3, 0.4) is 0 Å². The van der Waals surface area contributed by atoms with E-state index in [0.717, 1.165) is 28.8 Å². The minimum absolute atomic E-state index is 0.564. The van der Waals surface area contributed by atoms with Crippen LogP contribution < -0.4 is 5.32 Å². The summed E-state index contributed by atoms with van der Waals surface area (Å²) in [5.41, 5.74) is 1.42. The van der Waals surface area contributed by atoms with E-state index in [1.54, 1.807) is 0 Å². The van der Waals surface area contributed by atoms with Crippen molar-refractivity contribution in [3.8, 4) is 0 Å². The van der Waals surface area contributed by atoms with Gasteiger partial charge in [-0.25, -0.2) is 0 Å². The number of hydrogen-bond acceptors (Lipinski definition) is 1. The van der Waals surface area contributed by atoms with Crippen molar-refractivity contribution < 1.29 is 0 Å². The van der Waals surface area contributed by atoms with Crippen molar-refractivity contribution in [3.63, 3.8) is 0 Å². The highest BCUT2D eigenvalue weighted by Crippen LogP contribution is 2.29. The third-order valence-electron chi connectivity index (χ3n) is 4.56. The van der Waals surface area contributed by atoms with Gasteiger partial charge in [0.25, 0.3) is 0 Å². The summed E-state index contributed by atoms with van der Waals surface area (Å²) >= 11 is 3.50. The lowest BCUT2D eigenvalue weighted by molar-refractivity contribution is 0.242. The molecule has 1 fully saturated rings. The zero-order chi connectivity index (χ0) is 15.2. The average Bonchev–Trinajstić information content (AvgIpc) is 2.41. The summed E-state index contributed by atoms with van der Waals surface area (Å²) in [6.07, 6.45) is 8.11. The Bertz CT molecular complexity index is 412. The molecule has 2 rings (SSSR count). The van der Waals surface area contributed by atoms with Gasteiger partial charge in [-0.3, -0.25) is 0 Å². The molecular weight excluding hydrogens is 322 g/mol. The van der Waals surface area contributed by atoms with E-state index in [1.807, 2.05) is 0 Å². The van der Waals surface area contributed by atoms with Gasteiger partial charge in [0.15, 0.2) is 0 Å². The Labute approximate surface area is 139 Å². The third kappa shape index (κ3) is 6.12. The number of halogens is 1. The second-order valence-corrected chi connectivity index (χ2v) is 8.17. The first-order valence-electron chi connectivity index (χ1n) is 8.53. The molecule has 1 N–H and O–H groups in total. The molecule has 1 nitrogen and oxygen atoms in total.